The molecule has 0 radical (unpaired) electrons. The van der Waals surface area contributed by atoms with Gasteiger partial charge in [0, 0.05) is 12.8 Å². The van der Waals surface area contributed by atoms with Gasteiger partial charge in [0.05, 0.1) is 0 Å². The fourth-order valence-corrected chi connectivity index (χ4v) is 1.67. The molecule has 1 heterocycles. The van der Waals surface area contributed by atoms with Crippen molar-refractivity contribution in [1.82, 2.24) is 0 Å². The average molecular weight is 202 g/mol. The lowest BCUT2D eigenvalue weighted by Crippen LogP contribution is -2.04. The largest absolute Gasteiger partial charge is 0.462 e. The lowest BCUT2D eigenvalue weighted by atomic mass is 10.1. The molecule has 1 atom stereocenters. The summed E-state index contributed by atoms with van der Waals surface area (Å²) in [5.41, 5.74) is 1.18. The van der Waals surface area contributed by atoms with Crippen molar-refractivity contribution in [3.63, 3.8) is 0 Å². The van der Waals surface area contributed by atoms with E-state index in [2.05, 4.69) is 24.3 Å². The smallest absolute Gasteiger partial charge is 0.306 e. The second-order valence-corrected chi connectivity index (χ2v) is 3.70. The molecule has 15 heavy (non-hydrogen) atoms. The predicted octanol–water partition coefficient (Wildman–Crippen LogP) is 2.80. The minimum absolute atomic E-state index is 0.0619. The number of benzene rings is 1. The Morgan fingerprint density at radius 1 is 1.33 bits per heavy atom. The Morgan fingerprint density at radius 2 is 2.13 bits per heavy atom. The lowest BCUT2D eigenvalue weighted by molar-refractivity contribution is -0.141. The number of hydrogen-bond donors (Lipinski definition) is 0. The molecule has 0 N–H and O–H groups in total. The molecule has 1 fully saturated rings. The fourth-order valence-electron chi connectivity index (χ4n) is 1.67. The molecular weight excluding hydrogens is 188 g/mol. The van der Waals surface area contributed by atoms with Gasteiger partial charge < -0.3 is 4.74 Å². The Morgan fingerprint density at radius 3 is 2.80 bits per heavy atom. The first kappa shape index (κ1) is 9.97. The maximum Gasteiger partial charge on any atom is 0.306 e. The Kier molecular flexibility index (Phi) is 3.18. The third-order valence-electron chi connectivity index (χ3n) is 2.48. The van der Waals surface area contributed by atoms with E-state index in [1.807, 2.05) is 18.2 Å². The van der Waals surface area contributed by atoms with Crippen LogP contribution in [0.1, 0.15) is 24.8 Å². The first-order valence-electron chi connectivity index (χ1n) is 5.25. The maximum absolute atomic E-state index is 10.8. The molecule has 2 nitrogen and oxygen atoms in total. The molecule has 0 amide bonds. The number of carbonyl (C=O) groups is 1. The Hall–Kier alpha value is -1.57. The standard InChI is InChI=1S/C13H14O2/c14-13-10-9-12(15-13)8-4-7-11-5-2-1-3-6-11/h1-7,12H,8-10H2/b7-4+. The average Bonchev–Trinajstić information content (AvgIpc) is 2.66. The number of cyclic esters (lactones) is 1. The van der Waals surface area contributed by atoms with Gasteiger partial charge in [0.1, 0.15) is 6.10 Å². The van der Waals surface area contributed by atoms with Gasteiger partial charge in [-0.1, -0.05) is 42.5 Å². The van der Waals surface area contributed by atoms with Crippen LogP contribution < -0.4 is 0 Å². The van der Waals surface area contributed by atoms with Crippen LogP contribution in [0.25, 0.3) is 6.08 Å². The third kappa shape index (κ3) is 2.94. The highest BCUT2D eigenvalue weighted by Crippen LogP contribution is 2.17. The molecule has 1 aromatic rings. The highest BCUT2D eigenvalue weighted by Gasteiger charge is 2.21. The number of rotatable bonds is 3. The van der Waals surface area contributed by atoms with Crippen LogP contribution in [0.4, 0.5) is 0 Å². The third-order valence-corrected chi connectivity index (χ3v) is 2.48. The van der Waals surface area contributed by atoms with Crippen molar-refractivity contribution in [1.29, 1.82) is 0 Å². The monoisotopic (exact) mass is 202 g/mol. The van der Waals surface area contributed by atoms with Gasteiger partial charge in [-0.25, -0.2) is 0 Å². The molecule has 2 heteroatoms. The van der Waals surface area contributed by atoms with Crippen molar-refractivity contribution >= 4 is 12.0 Å². The van der Waals surface area contributed by atoms with Crippen LogP contribution in [-0.4, -0.2) is 12.1 Å². The van der Waals surface area contributed by atoms with Gasteiger partial charge in [-0.15, -0.1) is 0 Å². The highest BCUT2D eigenvalue weighted by molar-refractivity contribution is 5.71. The molecule has 1 aliphatic rings. The summed E-state index contributed by atoms with van der Waals surface area (Å²) < 4.78 is 5.11. The lowest BCUT2D eigenvalue weighted by Gasteiger charge is -2.04. The second kappa shape index (κ2) is 4.78. The van der Waals surface area contributed by atoms with E-state index in [1.165, 1.54) is 5.56 Å². The molecule has 2 rings (SSSR count). The number of ether oxygens (including phenoxy) is 1. The first-order chi connectivity index (χ1) is 7.34. The van der Waals surface area contributed by atoms with Crippen molar-refractivity contribution in [2.75, 3.05) is 0 Å². The van der Waals surface area contributed by atoms with Crippen LogP contribution in [0.15, 0.2) is 36.4 Å². The predicted molar refractivity (Wildman–Crippen MR) is 59.2 cm³/mol. The van der Waals surface area contributed by atoms with Crippen LogP contribution in [-0.2, 0) is 9.53 Å². The summed E-state index contributed by atoms with van der Waals surface area (Å²) in [4.78, 5) is 10.8. The van der Waals surface area contributed by atoms with Gasteiger partial charge >= 0.3 is 5.97 Å². The summed E-state index contributed by atoms with van der Waals surface area (Å²) in [5.74, 6) is -0.0619. The van der Waals surface area contributed by atoms with E-state index >= 15 is 0 Å². The van der Waals surface area contributed by atoms with Crippen LogP contribution in [0.3, 0.4) is 0 Å². The van der Waals surface area contributed by atoms with E-state index in [4.69, 9.17) is 4.74 Å². The van der Waals surface area contributed by atoms with Gasteiger partial charge in [-0.3, -0.25) is 4.79 Å². The van der Waals surface area contributed by atoms with Gasteiger partial charge in [0.2, 0.25) is 0 Å². The van der Waals surface area contributed by atoms with E-state index < -0.39 is 0 Å². The Balaban J connectivity index is 1.83. The molecule has 0 aromatic heterocycles. The number of carbonyl (C=O) groups excluding carboxylic acids is 1. The zero-order chi connectivity index (χ0) is 10.5. The molecule has 1 unspecified atom stereocenters. The Labute approximate surface area is 89.6 Å². The van der Waals surface area contributed by atoms with Gasteiger partial charge in [-0.2, -0.15) is 0 Å². The van der Waals surface area contributed by atoms with E-state index in [0.717, 1.165) is 12.8 Å². The summed E-state index contributed by atoms with van der Waals surface area (Å²) in [6.45, 7) is 0. The summed E-state index contributed by atoms with van der Waals surface area (Å²) in [6.07, 6.45) is 6.48. The maximum atomic E-state index is 10.8. The molecular formula is C13H14O2. The van der Waals surface area contributed by atoms with E-state index in [0.29, 0.717) is 6.42 Å². The minimum atomic E-state index is -0.0619. The molecule has 1 aliphatic heterocycles. The van der Waals surface area contributed by atoms with E-state index in [1.54, 1.807) is 0 Å². The van der Waals surface area contributed by atoms with Crippen molar-refractivity contribution in [3.05, 3.63) is 42.0 Å². The van der Waals surface area contributed by atoms with Gasteiger partial charge in [0.25, 0.3) is 0 Å². The first-order valence-corrected chi connectivity index (χ1v) is 5.25. The quantitative estimate of drug-likeness (QED) is 0.704. The Bertz CT molecular complexity index is 354. The van der Waals surface area contributed by atoms with Crippen molar-refractivity contribution in [2.45, 2.75) is 25.4 Å². The molecule has 0 aliphatic carbocycles. The number of hydrogen-bond acceptors (Lipinski definition) is 2. The molecule has 1 aromatic carbocycles. The van der Waals surface area contributed by atoms with Crippen LogP contribution in [0.5, 0.6) is 0 Å². The molecule has 0 spiro atoms. The summed E-state index contributed by atoms with van der Waals surface area (Å²) in [5, 5.41) is 0. The van der Waals surface area contributed by atoms with Crippen molar-refractivity contribution < 1.29 is 9.53 Å². The molecule has 78 valence electrons. The zero-order valence-electron chi connectivity index (χ0n) is 8.56. The second-order valence-electron chi connectivity index (χ2n) is 3.70. The fraction of sp³-hybridized carbons (Fsp3) is 0.308. The molecule has 0 saturated carbocycles. The minimum Gasteiger partial charge on any atom is -0.462 e. The topological polar surface area (TPSA) is 26.3 Å². The number of esters is 1. The van der Waals surface area contributed by atoms with Crippen molar-refractivity contribution in [2.24, 2.45) is 0 Å². The van der Waals surface area contributed by atoms with E-state index in [-0.39, 0.29) is 12.1 Å². The van der Waals surface area contributed by atoms with Crippen LogP contribution >= 0.6 is 0 Å². The summed E-state index contributed by atoms with van der Waals surface area (Å²) >= 11 is 0. The van der Waals surface area contributed by atoms with Gasteiger partial charge in [0.15, 0.2) is 0 Å². The molecule has 0 bridgehead atoms. The molecule has 1 saturated heterocycles. The summed E-state index contributed by atoms with van der Waals surface area (Å²) in [7, 11) is 0. The summed E-state index contributed by atoms with van der Waals surface area (Å²) in [6, 6.07) is 10.1. The van der Waals surface area contributed by atoms with Crippen LogP contribution in [0, 0.1) is 0 Å². The normalized spacial score (nSPS) is 20.8. The van der Waals surface area contributed by atoms with Crippen molar-refractivity contribution in [3.8, 4) is 0 Å². The van der Waals surface area contributed by atoms with Gasteiger partial charge in [-0.05, 0) is 12.0 Å². The van der Waals surface area contributed by atoms with E-state index in [9.17, 15) is 4.79 Å². The zero-order valence-corrected chi connectivity index (χ0v) is 8.56. The highest BCUT2D eigenvalue weighted by atomic mass is 16.5. The SMILES string of the molecule is O=C1CCC(C/C=C/c2ccccc2)O1. The van der Waals surface area contributed by atoms with Crippen LogP contribution in [0.2, 0.25) is 0 Å².